The van der Waals surface area contributed by atoms with Crippen LogP contribution in [0.1, 0.15) is 44.9 Å². The maximum atomic E-state index is 13.0. The molecule has 8 nitrogen and oxygen atoms in total. The van der Waals surface area contributed by atoms with Gasteiger partial charge in [-0.1, -0.05) is 24.3 Å². The molecular weight excluding hydrogens is 494 g/mol. The second kappa shape index (κ2) is 11.4. The summed E-state index contributed by atoms with van der Waals surface area (Å²) in [7, 11) is 2.07. The number of nitrogens with zero attached hydrogens (tertiary/aromatic N) is 6. The number of likely N-dealkylation sites (N-methyl/N-ethyl adjacent to an activating group) is 1. The summed E-state index contributed by atoms with van der Waals surface area (Å²) in [4.78, 5) is 21.2. The minimum atomic E-state index is -0.181. The number of nitrogens with one attached hydrogen (secondary N) is 1. The average molecular weight is 522 g/mol. The minimum Gasteiger partial charge on any atom is -0.302 e. The standard InChI is InChI=1S/C29H27N7OS/c1-35(13-3-12-30)25-10-11-26-27(15-25)38-29(33-26)34-28(37)23-5-2-4-21(14-23)18-36-19-24(17-32-36)22-8-6-20(16-31)7-9-22/h2,4-9,14,17,19,25H,3,10-11,13,15,18H2,1H3,(H,33,34,37)/t25-/m0/s1. The maximum absolute atomic E-state index is 13.0. The quantitative estimate of drug-likeness (QED) is 0.354. The third-order valence-corrected chi connectivity index (χ3v) is 7.88. The zero-order valence-electron chi connectivity index (χ0n) is 21.1. The number of aromatic nitrogens is 3. The number of rotatable bonds is 8. The Morgan fingerprint density at radius 2 is 2.05 bits per heavy atom. The minimum absolute atomic E-state index is 0.181. The molecule has 0 saturated heterocycles. The fourth-order valence-electron chi connectivity index (χ4n) is 4.70. The highest BCUT2D eigenvalue weighted by Gasteiger charge is 2.25. The number of amides is 1. The maximum Gasteiger partial charge on any atom is 0.257 e. The van der Waals surface area contributed by atoms with Crippen LogP contribution in [0.2, 0.25) is 0 Å². The Bertz CT molecular complexity index is 1520. The van der Waals surface area contributed by atoms with Crippen molar-refractivity contribution >= 4 is 22.4 Å². The number of thiazole rings is 1. The number of anilines is 1. The Kier molecular flexibility index (Phi) is 7.60. The molecule has 0 fully saturated rings. The number of carbonyl (C=O) groups is 1. The van der Waals surface area contributed by atoms with Gasteiger partial charge in [-0.25, -0.2) is 4.98 Å². The number of aryl methyl sites for hydroxylation is 1. The molecule has 190 valence electrons. The summed E-state index contributed by atoms with van der Waals surface area (Å²) in [5.74, 6) is -0.181. The lowest BCUT2D eigenvalue weighted by atomic mass is 9.96. The summed E-state index contributed by atoms with van der Waals surface area (Å²) in [5, 5.41) is 25.9. The topological polar surface area (TPSA) is 111 Å². The molecule has 0 bridgehead atoms. The third-order valence-electron chi connectivity index (χ3n) is 6.85. The van der Waals surface area contributed by atoms with Gasteiger partial charge in [-0.3, -0.25) is 14.8 Å². The Hall–Kier alpha value is -4.31. The molecule has 38 heavy (non-hydrogen) atoms. The van der Waals surface area contributed by atoms with Crippen molar-refractivity contribution in [2.24, 2.45) is 0 Å². The predicted octanol–water partition coefficient (Wildman–Crippen LogP) is 4.88. The summed E-state index contributed by atoms with van der Waals surface area (Å²) in [6.45, 7) is 1.30. The van der Waals surface area contributed by atoms with Gasteiger partial charge in [-0.2, -0.15) is 15.6 Å². The molecule has 0 aliphatic heterocycles. The van der Waals surface area contributed by atoms with Crippen LogP contribution in [0.3, 0.4) is 0 Å². The fourth-order valence-corrected chi connectivity index (χ4v) is 5.77. The third kappa shape index (κ3) is 5.81. The number of hydrogen-bond donors (Lipinski definition) is 1. The van der Waals surface area contributed by atoms with Crippen molar-refractivity contribution in [2.75, 3.05) is 18.9 Å². The number of nitriles is 2. The van der Waals surface area contributed by atoms with E-state index in [0.717, 1.165) is 48.2 Å². The molecule has 2 aromatic carbocycles. The van der Waals surface area contributed by atoms with E-state index in [1.165, 1.54) is 4.88 Å². The van der Waals surface area contributed by atoms with Crippen molar-refractivity contribution in [3.05, 3.63) is 88.2 Å². The van der Waals surface area contributed by atoms with Gasteiger partial charge >= 0.3 is 0 Å². The van der Waals surface area contributed by atoms with Crippen molar-refractivity contribution < 1.29 is 4.79 Å². The number of fused-ring (bicyclic) bond motifs is 1. The smallest absolute Gasteiger partial charge is 0.257 e. The predicted molar refractivity (Wildman–Crippen MR) is 147 cm³/mol. The Balaban J connectivity index is 1.22. The van der Waals surface area contributed by atoms with Crippen LogP contribution in [0.5, 0.6) is 0 Å². The molecule has 1 amide bonds. The molecule has 5 rings (SSSR count). The largest absolute Gasteiger partial charge is 0.302 e. The molecule has 1 aliphatic rings. The first-order valence-corrected chi connectivity index (χ1v) is 13.3. The van der Waals surface area contributed by atoms with Crippen LogP contribution in [-0.2, 0) is 19.4 Å². The zero-order chi connectivity index (χ0) is 26.5. The second-order valence-corrected chi connectivity index (χ2v) is 10.5. The monoisotopic (exact) mass is 521 g/mol. The summed E-state index contributed by atoms with van der Waals surface area (Å²) in [6.07, 6.45) is 7.07. The molecule has 0 unspecified atom stereocenters. The van der Waals surface area contributed by atoms with Crippen molar-refractivity contribution in [1.82, 2.24) is 19.7 Å². The SMILES string of the molecule is CN(CCC#N)[C@H]1CCc2nc(NC(=O)c3cccc(Cn4cc(-c5ccc(C#N)cc5)cn4)c3)sc2C1. The Morgan fingerprint density at radius 3 is 2.84 bits per heavy atom. The summed E-state index contributed by atoms with van der Waals surface area (Å²) in [5.41, 5.74) is 5.20. The van der Waals surface area contributed by atoms with Gasteiger partial charge in [0.25, 0.3) is 5.91 Å². The highest BCUT2D eigenvalue weighted by molar-refractivity contribution is 7.15. The summed E-state index contributed by atoms with van der Waals surface area (Å²) in [6, 6.07) is 19.7. The van der Waals surface area contributed by atoms with Crippen LogP contribution in [0.4, 0.5) is 5.13 Å². The van der Waals surface area contributed by atoms with Crippen LogP contribution in [0.15, 0.2) is 60.9 Å². The number of benzene rings is 2. The van der Waals surface area contributed by atoms with Crippen molar-refractivity contribution in [2.45, 2.75) is 38.3 Å². The molecule has 1 aliphatic carbocycles. The average Bonchev–Trinajstić information content (AvgIpc) is 3.58. The van der Waals surface area contributed by atoms with E-state index in [0.29, 0.717) is 35.3 Å². The lowest BCUT2D eigenvalue weighted by Gasteiger charge is -2.29. The lowest BCUT2D eigenvalue weighted by Crippen LogP contribution is -2.36. The van der Waals surface area contributed by atoms with Gasteiger partial charge in [0.15, 0.2) is 5.13 Å². The molecule has 0 spiro atoms. The van der Waals surface area contributed by atoms with Gasteiger partial charge in [0.1, 0.15) is 0 Å². The van der Waals surface area contributed by atoms with Crippen molar-refractivity contribution in [3.8, 4) is 23.3 Å². The molecule has 2 aromatic heterocycles. The molecular formula is C29H27N7OS. The van der Waals surface area contributed by atoms with Crippen LogP contribution in [-0.4, -0.2) is 45.2 Å². The van der Waals surface area contributed by atoms with E-state index in [1.54, 1.807) is 35.7 Å². The Labute approximate surface area is 225 Å². The molecule has 1 N–H and O–H groups in total. The van der Waals surface area contributed by atoms with Gasteiger partial charge < -0.3 is 4.90 Å². The van der Waals surface area contributed by atoms with E-state index < -0.39 is 0 Å². The summed E-state index contributed by atoms with van der Waals surface area (Å²) >= 11 is 1.55. The van der Waals surface area contributed by atoms with Gasteiger partial charge in [0.05, 0.1) is 36.1 Å². The van der Waals surface area contributed by atoms with Gasteiger partial charge in [0, 0.05) is 41.2 Å². The van der Waals surface area contributed by atoms with Crippen molar-refractivity contribution in [3.63, 3.8) is 0 Å². The van der Waals surface area contributed by atoms with Crippen LogP contribution < -0.4 is 5.32 Å². The lowest BCUT2D eigenvalue weighted by molar-refractivity contribution is 0.102. The van der Waals surface area contributed by atoms with Crippen molar-refractivity contribution in [1.29, 1.82) is 10.5 Å². The molecule has 4 aromatic rings. The highest BCUT2D eigenvalue weighted by atomic mass is 32.1. The normalized spacial score (nSPS) is 14.5. The molecule has 9 heteroatoms. The second-order valence-electron chi connectivity index (χ2n) is 9.44. The van der Waals surface area contributed by atoms with Crippen LogP contribution >= 0.6 is 11.3 Å². The molecule has 0 radical (unpaired) electrons. The number of carbonyl (C=O) groups excluding carboxylic acids is 1. The first-order chi connectivity index (χ1) is 18.5. The Morgan fingerprint density at radius 1 is 1.21 bits per heavy atom. The van der Waals surface area contributed by atoms with Crippen LogP contribution in [0.25, 0.3) is 11.1 Å². The summed E-state index contributed by atoms with van der Waals surface area (Å²) < 4.78 is 1.84. The van der Waals surface area contributed by atoms with Gasteiger partial charge in [0.2, 0.25) is 0 Å². The molecule has 1 atom stereocenters. The first-order valence-electron chi connectivity index (χ1n) is 12.5. The van der Waals surface area contributed by atoms with E-state index in [-0.39, 0.29) is 5.91 Å². The van der Waals surface area contributed by atoms with E-state index in [4.69, 9.17) is 10.5 Å². The fraction of sp³-hybridized carbons (Fsp3) is 0.276. The molecule has 0 saturated carbocycles. The van der Waals surface area contributed by atoms with E-state index >= 15 is 0 Å². The number of hydrogen-bond acceptors (Lipinski definition) is 7. The zero-order valence-corrected chi connectivity index (χ0v) is 21.9. The first kappa shape index (κ1) is 25.3. The van der Waals surface area contributed by atoms with Crippen LogP contribution in [0, 0.1) is 22.7 Å². The van der Waals surface area contributed by atoms with E-state index in [9.17, 15) is 4.79 Å². The van der Waals surface area contributed by atoms with Gasteiger partial charge in [-0.15, -0.1) is 11.3 Å². The van der Waals surface area contributed by atoms with E-state index in [1.807, 2.05) is 41.2 Å². The van der Waals surface area contributed by atoms with E-state index in [2.05, 4.69) is 39.5 Å². The molecule has 2 heterocycles. The highest BCUT2D eigenvalue weighted by Crippen LogP contribution is 2.31. The van der Waals surface area contributed by atoms with Gasteiger partial charge in [-0.05, 0) is 61.7 Å².